The Morgan fingerprint density at radius 2 is 0.750 bits per heavy atom. The maximum Gasteiger partial charge on any atom is 0.472 e. The highest BCUT2D eigenvalue weighted by molar-refractivity contribution is 7.47. The van der Waals surface area contributed by atoms with E-state index in [-0.39, 0.29) is 12.8 Å². The second-order valence-corrected chi connectivity index (χ2v) is 23.6. The number of ether oxygens (including phenoxy) is 6. The van der Waals surface area contributed by atoms with Crippen molar-refractivity contribution in [2.75, 3.05) is 26.4 Å². The number of phosphoric ester groups is 1. The highest BCUT2D eigenvalue weighted by Crippen LogP contribution is 2.49. The van der Waals surface area contributed by atoms with Gasteiger partial charge in [0.15, 0.2) is 18.7 Å². The van der Waals surface area contributed by atoms with Crippen LogP contribution in [0, 0.1) is 0 Å². The number of carbonyl (C=O) groups is 2. The lowest BCUT2D eigenvalue weighted by Gasteiger charge is -2.49. The number of rotatable bonds is 45. The smallest absolute Gasteiger partial charge is 0.462 e. The zero-order chi connectivity index (χ0) is 58.9. The van der Waals surface area contributed by atoms with Crippen LogP contribution in [0.1, 0.15) is 213 Å². The fourth-order valence-electron chi connectivity index (χ4n) is 10.4. The van der Waals surface area contributed by atoms with Gasteiger partial charge in [0.05, 0.1) is 19.8 Å². The molecule has 23 nitrogen and oxygen atoms in total. The molecule has 0 aromatic heterocycles. The van der Waals surface area contributed by atoms with Crippen LogP contribution >= 0.6 is 7.82 Å². The Bertz CT molecular complexity index is 1600. The maximum atomic E-state index is 14.0. The summed E-state index contributed by atoms with van der Waals surface area (Å²) in [5.41, 5.74) is 0. The number of aliphatic hydroxyl groups excluding tert-OH is 11. The third-order valence-electron chi connectivity index (χ3n) is 15.4. The molecule has 16 unspecified atom stereocenters. The lowest BCUT2D eigenvalue weighted by molar-refractivity contribution is -0.360. The van der Waals surface area contributed by atoms with Crippen LogP contribution in [0.4, 0.5) is 0 Å². The first-order chi connectivity index (χ1) is 38.4. The van der Waals surface area contributed by atoms with Gasteiger partial charge in [-0.05, 0) is 12.8 Å². The molecule has 1 aliphatic carbocycles. The summed E-state index contributed by atoms with van der Waals surface area (Å²) in [4.78, 5) is 37.5. The number of hydrogen-bond donors (Lipinski definition) is 12. The van der Waals surface area contributed by atoms with E-state index in [9.17, 15) is 75.2 Å². The van der Waals surface area contributed by atoms with E-state index >= 15 is 0 Å². The van der Waals surface area contributed by atoms with Crippen LogP contribution in [0.15, 0.2) is 0 Å². The van der Waals surface area contributed by atoms with Crippen molar-refractivity contribution in [1.82, 2.24) is 0 Å². The highest BCUT2D eigenvalue weighted by Gasteiger charge is 2.58. The predicted octanol–water partition coefficient (Wildman–Crippen LogP) is 4.54. The van der Waals surface area contributed by atoms with Crippen molar-refractivity contribution in [2.45, 2.75) is 317 Å². The maximum absolute atomic E-state index is 14.0. The Hall–Kier alpha value is -1.55. The molecule has 0 aromatic rings. The van der Waals surface area contributed by atoms with Crippen molar-refractivity contribution in [1.29, 1.82) is 0 Å². The summed E-state index contributed by atoms with van der Waals surface area (Å²) < 4.78 is 58.2. The van der Waals surface area contributed by atoms with E-state index in [2.05, 4.69) is 13.8 Å². The number of unbranched alkanes of at least 4 members (excludes halogenated alkanes) is 27. The number of phosphoric acid groups is 1. The SMILES string of the molecule is CCCCCCCCCCCCCCCCCC(=O)OCC(COP(=O)(O)OC1C(OC2OC(CO)C(O)C(O)C2O)C(O)C(O)C(O)C1OC1OC(CO)C(O)C(O)C1O)OC(=O)CCCCCCCCCCCCCCCC. The monoisotopic (exact) mass is 1180 g/mol. The molecule has 3 rings (SSSR count). The van der Waals surface area contributed by atoms with E-state index < -0.39 is 150 Å². The zero-order valence-electron chi connectivity index (χ0n) is 47.9. The largest absolute Gasteiger partial charge is 0.472 e. The fraction of sp³-hybridized carbons (Fsp3) is 0.964. The minimum absolute atomic E-state index is 0.0248. The molecule has 80 heavy (non-hydrogen) atoms. The van der Waals surface area contributed by atoms with E-state index in [1.165, 1.54) is 116 Å². The molecule has 472 valence electrons. The van der Waals surface area contributed by atoms with Gasteiger partial charge in [-0.15, -0.1) is 0 Å². The van der Waals surface area contributed by atoms with Crippen molar-refractivity contribution in [3.63, 3.8) is 0 Å². The topological polar surface area (TPSA) is 368 Å². The molecule has 0 amide bonds. The molecule has 0 spiro atoms. The minimum atomic E-state index is -5.63. The van der Waals surface area contributed by atoms with Crippen molar-refractivity contribution in [3.05, 3.63) is 0 Å². The summed E-state index contributed by atoms with van der Waals surface area (Å²) in [7, 11) is -5.63. The van der Waals surface area contributed by atoms with Crippen LogP contribution < -0.4 is 0 Å². The van der Waals surface area contributed by atoms with Gasteiger partial charge in [0, 0.05) is 12.8 Å². The Morgan fingerprint density at radius 3 is 1.10 bits per heavy atom. The van der Waals surface area contributed by atoms with Gasteiger partial charge in [-0.25, -0.2) is 4.57 Å². The van der Waals surface area contributed by atoms with E-state index in [1.807, 2.05) is 0 Å². The van der Waals surface area contributed by atoms with Crippen molar-refractivity contribution >= 4 is 19.8 Å². The lowest BCUT2D eigenvalue weighted by Crippen LogP contribution is -2.69. The first kappa shape index (κ1) is 72.7. The summed E-state index contributed by atoms with van der Waals surface area (Å²) in [6.45, 7) is 1.03. The Morgan fingerprint density at radius 1 is 0.425 bits per heavy atom. The Balaban J connectivity index is 1.69. The predicted molar refractivity (Wildman–Crippen MR) is 291 cm³/mol. The average molecular weight is 1180 g/mol. The van der Waals surface area contributed by atoms with Crippen molar-refractivity contribution in [3.8, 4) is 0 Å². The minimum Gasteiger partial charge on any atom is -0.462 e. The number of hydrogen-bond acceptors (Lipinski definition) is 22. The quantitative estimate of drug-likeness (QED) is 0.0226. The number of carbonyl (C=O) groups excluding carboxylic acids is 2. The average Bonchev–Trinajstić information content (AvgIpc) is 3.53. The van der Waals surface area contributed by atoms with Crippen LogP contribution in [-0.4, -0.2) is 204 Å². The van der Waals surface area contributed by atoms with Gasteiger partial charge in [-0.1, -0.05) is 187 Å². The van der Waals surface area contributed by atoms with Crippen LogP contribution in [0.2, 0.25) is 0 Å². The normalized spacial score (nSPS) is 31.2. The first-order valence-corrected chi connectivity index (χ1v) is 31.9. The van der Waals surface area contributed by atoms with Crippen molar-refractivity contribution < 1.29 is 113 Å². The lowest BCUT2D eigenvalue weighted by atomic mass is 9.84. The molecule has 24 heteroatoms. The second-order valence-electron chi connectivity index (χ2n) is 22.2. The van der Waals surface area contributed by atoms with E-state index in [0.29, 0.717) is 12.8 Å². The second kappa shape index (κ2) is 41.5. The summed E-state index contributed by atoms with van der Waals surface area (Å²) in [5.74, 6) is -1.32. The molecule has 0 aromatic carbocycles. The molecule has 2 saturated heterocycles. The standard InChI is InChI=1S/C56H105O23P/c1-3-5-7-9-11-13-15-17-19-21-22-24-26-28-30-32-41(59)72-36-38(74-42(60)33-31-29-27-25-23-20-18-16-14-12-10-8-6-4-2)37-73-80(70,71)79-54-52(77-55-50(68)45(63)43(61)39(34-57)75-55)48(66)47(65)49(67)53(54)78-56-51(69)46(64)44(62)40(35-58)76-56/h38-40,43-58,61-69H,3-37H2,1-2H3,(H,70,71). The summed E-state index contributed by atoms with van der Waals surface area (Å²) in [6, 6.07) is 0. The summed E-state index contributed by atoms with van der Waals surface area (Å²) in [6.07, 6.45) is -2.09. The molecule has 0 bridgehead atoms. The molecule has 2 aliphatic heterocycles. The molecule has 12 N–H and O–H groups in total. The van der Waals surface area contributed by atoms with Gasteiger partial charge in [-0.3, -0.25) is 18.6 Å². The third-order valence-corrected chi connectivity index (χ3v) is 16.4. The van der Waals surface area contributed by atoms with Crippen molar-refractivity contribution in [2.24, 2.45) is 0 Å². The highest BCUT2D eigenvalue weighted by atomic mass is 31.2. The van der Waals surface area contributed by atoms with Gasteiger partial charge in [0.2, 0.25) is 0 Å². The van der Waals surface area contributed by atoms with Gasteiger partial charge in [0.25, 0.3) is 0 Å². The molecule has 3 aliphatic rings. The molecule has 16 atom stereocenters. The molecule has 3 fully saturated rings. The Kier molecular flexibility index (Phi) is 37.7. The number of esters is 2. The molecule has 1 saturated carbocycles. The number of aliphatic hydroxyl groups is 11. The molecular formula is C56H105O23P. The third kappa shape index (κ3) is 26.8. The zero-order valence-corrected chi connectivity index (χ0v) is 48.8. The summed E-state index contributed by atoms with van der Waals surface area (Å²) >= 11 is 0. The Labute approximate surface area is 474 Å². The van der Waals surface area contributed by atoms with Crippen LogP contribution in [0.5, 0.6) is 0 Å². The first-order valence-electron chi connectivity index (χ1n) is 30.4. The fourth-order valence-corrected chi connectivity index (χ4v) is 11.3. The van der Waals surface area contributed by atoms with Gasteiger partial charge in [-0.2, -0.15) is 0 Å². The molecule has 2 heterocycles. The van der Waals surface area contributed by atoms with Crippen LogP contribution in [-0.2, 0) is 51.6 Å². The van der Waals surface area contributed by atoms with Crippen LogP contribution in [0.3, 0.4) is 0 Å². The van der Waals surface area contributed by atoms with Crippen LogP contribution in [0.25, 0.3) is 0 Å². The van der Waals surface area contributed by atoms with E-state index in [1.54, 1.807) is 0 Å². The van der Waals surface area contributed by atoms with Gasteiger partial charge >= 0.3 is 19.8 Å². The van der Waals surface area contributed by atoms with Gasteiger partial charge < -0.3 is 89.5 Å². The van der Waals surface area contributed by atoms with E-state index in [4.69, 9.17) is 37.5 Å². The van der Waals surface area contributed by atoms with Gasteiger partial charge in [0.1, 0.15) is 92.1 Å². The molecular weight excluding hydrogens is 1070 g/mol. The van der Waals surface area contributed by atoms with E-state index in [0.717, 1.165) is 57.8 Å². The molecule has 0 radical (unpaired) electrons. The summed E-state index contributed by atoms with van der Waals surface area (Å²) in [5, 5.41) is 117.